The van der Waals surface area contributed by atoms with E-state index in [-0.39, 0.29) is 32.0 Å². The molecule has 0 aromatic rings. The van der Waals surface area contributed by atoms with Crippen molar-refractivity contribution >= 4 is 30.1 Å². The molecule has 0 bridgehead atoms. The normalized spacial score (nSPS) is 27.3. The molecule has 6 atom stereocenters. The Kier molecular flexibility index (Phi) is 12.1. The molecule has 0 amide bonds. The molecule has 0 saturated carbocycles. The van der Waals surface area contributed by atoms with E-state index in [1.54, 1.807) is 30.5 Å². The Labute approximate surface area is 209 Å². The van der Waals surface area contributed by atoms with Crippen LogP contribution in [0.3, 0.4) is 0 Å². The lowest BCUT2D eigenvalue weighted by Crippen LogP contribution is -2.41. The van der Waals surface area contributed by atoms with Gasteiger partial charge in [0.2, 0.25) is 0 Å². The zero-order valence-corrected chi connectivity index (χ0v) is 20.8. The molecule has 0 unspecified atom stereocenters. The van der Waals surface area contributed by atoms with Crippen LogP contribution in [0, 0.1) is 0 Å². The molecule has 0 aliphatic carbocycles. The SMILES string of the molecule is CC(=O)OC[C@H]1O[C@H](CC=NOCC[C@@H]2C=C[C@H](OC(C)=O)[C@@H](COC(C)=O)O2)C=C[C@@H]1OC(C)=O. The summed E-state index contributed by atoms with van der Waals surface area (Å²) >= 11 is 0. The van der Waals surface area contributed by atoms with Crippen molar-refractivity contribution in [3.8, 4) is 0 Å². The summed E-state index contributed by atoms with van der Waals surface area (Å²) in [4.78, 5) is 50.1. The molecule has 0 saturated heterocycles. The maximum atomic E-state index is 11.3. The summed E-state index contributed by atoms with van der Waals surface area (Å²) in [5.41, 5.74) is 0. The third-order valence-corrected chi connectivity index (χ3v) is 4.95. The van der Waals surface area contributed by atoms with E-state index in [4.69, 9.17) is 33.3 Å². The maximum absolute atomic E-state index is 11.3. The molecule has 0 fully saturated rings. The topological polar surface area (TPSA) is 145 Å². The molecule has 0 N–H and O–H groups in total. The van der Waals surface area contributed by atoms with E-state index in [1.165, 1.54) is 27.7 Å². The second kappa shape index (κ2) is 15.0. The van der Waals surface area contributed by atoms with Gasteiger partial charge in [-0.15, -0.1) is 0 Å². The van der Waals surface area contributed by atoms with Crippen molar-refractivity contribution < 1.29 is 52.4 Å². The van der Waals surface area contributed by atoms with Gasteiger partial charge >= 0.3 is 23.9 Å². The van der Waals surface area contributed by atoms with Gasteiger partial charge in [0.1, 0.15) is 44.2 Å². The fourth-order valence-electron chi connectivity index (χ4n) is 3.41. The molecule has 12 heteroatoms. The number of oxime groups is 1. The van der Waals surface area contributed by atoms with Crippen molar-refractivity contribution in [2.75, 3.05) is 19.8 Å². The number of ether oxygens (including phenoxy) is 6. The van der Waals surface area contributed by atoms with Crippen LogP contribution in [0.4, 0.5) is 0 Å². The van der Waals surface area contributed by atoms with Gasteiger partial charge in [0, 0.05) is 46.8 Å². The van der Waals surface area contributed by atoms with Gasteiger partial charge in [-0.2, -0.15) is 0 Å². The van der Waals surface area contributed by atoms with Crippen molar-refractivity contribution in [1.82, 2.24) is 0 Å². The lowest BCUT2D eigenvalue weighted by Gasteiger charge is -2.31. The van der Waals surface area contributed by atoms with Gasteiger partial charge in [0.05, 0.1) is 12.2 Å². The first-order valence-corrected chi connectivity index (χ1v) is 11.6. The van der Waals surface area contributed by atoms with Crippen molar-refractivity contribution in [1.29, 1.82) is 0 Å². The molecule has 0 aromatic carbocycles. The first-order chi connectivity index (χ1) is 17.1. The van der Waals surface area contributed by atoms with Crippen LogP contribution in [0.5, 0.6) is 0 Å². The van der Waals surface area contributed by atoms with Gasteiger partial charge in [-0.25, -0.2) is 0 Å². The molecule has 12 nitrogen and oxygen atoms in total. The second-order valence-electron chi connectivity index (χ2n) is 8.09. The number of carbonyl (C=O) groups excluding carboxylic acids is 4. The van der Waals surface area contributed by atoms with Crippen molar-refractivity contribution in [3.05, 3.63) is 24.3 Å². The van der Waals surface area contributed by atoms with Crippen LogP contribution in [0.1, 0.15) is 40.5 Å². The van der Waals surface area contributed by atoms with Gasteiger partial charge in [-0.1, -0.05) is 17.3 Å². The van der Waals surface area contributed by atoms with Crippen LogP contribution in [-0.2, 0) is 52.4 Å². The summed E-state index contributed by atoms with van der Waals surface area (Å²) in [6.45, 7) is 5.31. The quantitative estimate of drug-likeness (QED) is 0.0936. The van der Waals surface area contributed by atoms with Gasteiger partial charge in [-0.05, 0) is 12.2 Å². The molecule has 0 spiro atoms. The Balaban J connectivity index is 1.77. The monoisotopic (exact) mass is 511 g/mol. The summed E-state index contributed by atoms with van der Waals surface area (Å²) in [6, 6.07) is 0. The molecule has 200 valence electrons. The minimum Gasteiger partial charge on any atom is -0.463 e. The van der Waals surface area contributed by atoms with E-state index in [0.717, 1.165) is 0 Å². The van der Waals surface area contributed by atoms with E-state index in [9.17, 15) is 19.2 Å². The summed E-state index contributed by atoms with van der Waals surface area (Å²) in [5, 5.41) is 3.92. The number of rotatable bonds is 12. The highest BCUT2D eigenvalue weighted by Gasteiger charge is 2.31. The largest absolute Gasteiger partial charge is 0.463 e. The Morgan fingerprint density at radius 1 is 0.750 bits per heavy atom. The third kappa shape index (κ3) is 11.0. The second-order valence-corrected chi connectivity index (χ2v) is 8.09. The highest BCUT2D eigenvalue weighted by molar-refractivity contribution is 5.67. The van der Waals surface area contributed by atoms with Gasteiger partial charge in [0.15, 0.2) is 0 Å². The van der Waals surface area contributed by atoms with Crippen molar-refractivity contribution in [2.45, 2.75) is 77.2 Å². The van der Waals surface area contributed by atoms with Crippen LogP contribution < -0.4 is 0 Å². The van der Waals surface area contributed by atoms with E-state index < -0.39 is 48.3 Å². The number of hydrogen-bond acceptors (Lipinski definition) is 12. The molecule has 2 heterocycles. The van der Waals surface area contributed by atoms with Gasteiger partial charge < -0.3 is 33.3 Å². The molecule has 2 aliphatic heterocycles. The summed E-state index contributed by atoms with van der Waals surface area (Å²) in [6.07, 6.45) is 6.03. The summed E-state index contributed by atoms with van der Waals surface area (Å²) < 4.78 is 32.1. The average Bonchev–Trinajstić information content (AvgIpc) is 2.80. The fraction of sp³-hybridized carbons (Fsp3) is 0.625. The van der Waals surface area contributed by atoms with E-state index in [0.29, 0.717) is 12.8 Å². The Morgan fingerprint density at radius 3 is 1.75 bits per heavy atom. The van der Waals surface area contributed by atoms with Crippen LogP contribution in [-0.4, -0.2) is 86.5 Å². The average molecular weight is 512 g/mol. The molecular weight excluding hydrogens is 478 g/mol. The van der Waals surface area contributed by atoms with Crippen LogP contribution in [0.2, 0.25) is 0 Å². The van der Waals surface area contributed by atoms with Crippen molar-refractivity contribution in [2.24, 2.45) is 5.16 Å². The van der Waals surface area contributed by atoms with Crippen molar-refractivity contribution in [3.63, 3.8) is 0 Å². The number of nitrogens with zero attached hydrogens (tertiary/aromatic N) is 1. The Morgan fingerprint density at radius 2 is 1.25 bits per heavy atom. The highest BCUT2D eigenvalue weighted by atomic mass is 16.6. The predicted octanol–water partition coefficient (Wildman–Crippen LogP) is 1.41. The Hall–Kier alpha value is -3.25. The summed E-state index contributed by atoms with van der Waals surface area (Å²) in [5.74, 6) is -1.85. The minimum atomic E-state index is -0.653. The standard InChI is InChI=1S/C24H33NO11/c1-15(26)30-13-23-21(33-17(3)28)7-5-19(35-23)9-11-25-32-12-10-20-6-8-22(34-18(4)29)24(36-20)14-31-16(2)27/h5-8,11,19-24H,9-10,12-14H2,1-4H3/t19-,20-,21-,22-,23+,24+/m0/s1. The van der Waals surface area contributed by atoms with Crippen LogP contribution in [0.15, 0.2) is 29.5 Å². The van der Waals surface area contributed by atoms with Gasteiger partial charge in [-0.3, -0.25) is 19.2 Å². The number of esters is 4. The third-order valence-electron chi connectivity index (χ3n) is 4.95. The molecule has 0 radical (unpaired) electrons. The minimum absolute atomic E-state index is 0.0429. The molecule has 2 aliphatic rings. The predicted molar refractivity (Wildman–Crippen MR) is 124 cm³/mol. The lowest BCUT2D eigenvalue weighted by atomic mass is 10.1. The number of hydrogen-bond donors (Lipinski definition) is 0. The molecular formula is C24H33NO11. The first kappa shape index (κ1) is 29.0. The van der Waals surface area contributed by atoms with E-state index >= 15 is 0 Å². The number of carbonyl (C=O) groups is 4. The zero-order chi connectivity index (χ0) is 26.5. The van der Waals surface area contributed by atoms with E-state index in [1.807, 2.05) is 0 Å². The molecule has 2 rings (SSSR count). The fourth-order valence-corrected chi connectivity index (χ4v) is 3.41. The summed E-state index contributed by atoms with van der Waals surface area (Å²) in [7, 11) is 0. The zero-order valence-electron chi connectivity index (χ0n) is 20.8. The smallest absolute Gasteiger partial charge is 0.303 e. The first-order valence-electron chi connectivity index (χ1n) is 11.6. The van der Waals surface area contributed by atoms with Gasteiger partial charge in [0.25, 0.3) is 0 Å². The van der Waals surface area contributed by atoms with Crippen LogP contribution in [0.25, 0.3) is 0 Å². The highest BCUT2D eigenvalue weighted by Crippen LogP contribution is 2.20. The molecule has 36 heavy (non-hydrogen) atoms. The molecule has 0 aromatic heterocycles. The lowest BCUT2D eigenvalue weighted by molar-refractivity contribution is -0.165. The van der Waals surface area contributed by atoms with Crippen LogP contribution >= 0.6 is 0 Å². The van der Waals surface area contributed by atoms with E-state index in [2.05, 4.69) is 5.16 Å². The Bertz CT molecular complexity index is 853. The maximum Gasteiger partial charge on any atom is 0.303 e.